The first kappa shape index (κ1) is 12.6. The van der Waals surface area contributed by atoms with Crippen molar-refractivity contribution in [3.8, 4) is 0 Å². The van der Waals surface area contributed by atoms with Crippen molar-refractivity contribution in [2.24, 2.45) is 0 Å². The van der Waals surface area contributed by atoms with Gasteiger partial charge in [-0.15, -0.1) is 0 Å². The summed E-state index contributed by atoms with van der Waals surface area (Å²) in [5.74, 6) is 0. The second kappa shape index (κ2) is 16.0. The molecular formula is C8H20O2. The Labute approximate surface area is 64.5 Å². The van der Waals surface area contributed by atoms with Gasteiger partial charge in [-0.2, -0.15) is 0 Å². The molecule has 0 aromatic rings. The number of hydrogen-bond donors (Lipinski definition) is 0. The zero-order chi connectivity index (χ0) is 8.24. The maximum atomic E-state index is 4.33. The lowest BCUT2D eigenvalue weighted by Crippen LogP contribution is -1.83. The largest absolute Gasteiger partial charge is 0.240 e. The van der Waals surface area contributed by atoms with Crippen molar-refractivity contribution in [3.05, 3.63) is 0 Å². The van der Waals surface area contributed by atoms with Crippen LogP contribution in [0.2, 0.25) is 0 Å². The summed E-state index contributed by atoms with van der Waals surface area (Å²) in [6, 6.07) is 0. The summed E-state index contributed by atoms with van der Waals surface area (Å²) < 4.78 is 0. The molecule has 0 spiro atoms. The molecule has 0 rings (SSSR count). The van der Waals surface area contributed by atoms with Gasteiger partial charge in [0, 0.05) is 0 Å². The zero-order valence-corrected chi connectivity index (χ0v) is 7.64. The first-order valence-electron chi connectivity index (χ1n) is 3.98. The molecule has 0 saturated heterocycles. The maximum Gasteiger partial charge on any atom is 0.0794 e. The smallest absolute Gasteiger partial charge is 0.0794 e. The molecule has 0 radical (unpaired) electrons. The SMILES string of the molecule is CCCCC.CCOOC. The van der Waals surface area contributed by atoms with E-state index < -0.39 is 0 Å². The molecule has 2 heteroatoms. The second-order valence-electron chi connectivity index (χ2n) is 1.93. The first-order chi connectivity index (χ1) is 4.83. The van der Waals surface area contributed by atoms with Gasteiger partial charge in [-0.05, 0) is 6.92 Å². The van der Waals surface area contributed by atoms with Gasteiger partial charge in [-0.3, -0.25) is 0 Å². The van der Waals surface area contributed by atoms with E-state index in [2.05, 4.69) is 23.6 Å². The van der Waals surface area contributed by atoms with E-state index in [4.69, 9.17) is 0 Å². The van der Waals surface area contributed by atoms with Gasteiger partial charge in [0.1, 0.15) is 0 Å². The van der Waals surface area contributed by atoms with E-state index in [9.17, 15) is 0 Å². The summed E-state index contributed by atoms with van der Waals surface area (Å²) in [4.78, 5) is 8.52. The highest BCUT2D eigenvalue weighted by atomic mass is 17.2. The molecule has 0 amide bonds. The van der Waals surface area contributed by atoms with E-state index in [1.807, 2.05) is 6.92 Å². The monoisotopic (exact) mass is 148 g/mol. The van der Waals surface area contributed by atoms with Crippen molar-refractivity contribution in [3.63, 3.8) is 0 Å². The molecule has 0 heterocycles. The molecule has 0 fully saturated rings. The third-order valence-corrected chi connectivity index (χ3v) is 0.943. The summed E-state index contributed by atoms with van der Waals surface area (Å²) in [5, 5.41) is 0. The van der Waals surface area contributed by atoms with Crippen LogP contribution >= 0.6 is 0 Å². The predicted molar refractivity (Wildman–Crippen MR) is 43.8 cm³/mol. The molecular weight excluding hydrogens is 128 g/mol. The van der Waals surface area contributed by atoms with Crippen LogP contribution < -0.4 is 0 Å². The number of hydrogen-bond acceptors (Lipinski definition) is 2. The zero-order valence-electron chi connectivity index (χ0n) is 7.64. The van der Waals surface area contributed by atoms with E-state index in [0.29, 0.717) is 6.61 Å². The Kier molecular flexibility index (Phi) is 20.1. The molecule has 0 unspecified atom stereocenters. The Morgan fingerprint density at radius 1 is 1.00 bits per heavy atom. The molecule has 0 aliphatic carbocycles. The van der Waals surface area contributed by atoms with Crippen LogP contribution in [0.4, 0.5) is 0 Å². The average molecular weight is 148 g/mol. The van der Waals surface area contributed by atoms with E-state index in [-0.39, 0.29) is 0 Å². The average Bonchev–Trinajstić information content (AvgIpc) is 1.93. The van der Waals surface area contributed by atoms with Crippen LogP contribution in [-0.2, 0) is 9.78 Å². The van der Waals surface area contributed by atoms with Crippen LogP contribution in [0.5, 0.6) is 0 Å². The van der Waals surface area contributed by atoms with E-state index >= 15 is 0 Å². The standard InChI is InChI=1S/C5H12.C3H8O2/c2*1-3-5-4-2/h3-5H2,1-2H3;3H2,1-2H3. The van der Waals surface area contributed by atoms with Crippen molar-refractivity contribution in [1.29, 1.82) is 0 Å². The lowest BCUT2D eigenvalue weighted by atomic mass is 10.3. The Morgan fingerprint density at radius 2 is 1.50 bits per heavy atom. The number of rotatable bonds is 4. The third-order valence-electron chi connectivity index (χ3n) is 0.943. The lowest BCUT2D eigenvalue weighted by molar-refractivity contribution is -0.268. The molecule has 0 aliphatic rings. The van der Waals surface area contributed by atoms with Gasteiger partial charge < -0.3 is 0 Å². The van der Waals surface area contributed by atoms with Crippen LogP contribution in [0.15, 0.2) is 0 Å². The van der Waals surface area contributed by atoms with Crippen LogP contribution in [0, 0.1) is 0 Å². The molecule has 2 nitrogen and oxygen atoms in total. The van der Waals surface area contributed by atoms with Crippen molar-refractivity contribution in [2.45, 2.75) is 40.0 Å². The fourth-order valence-corrected chi connectivity index (χ4v) is 0.471. The van der Waals surface area contributed by atoms with Gasteiger partial charge in [-0.25, -0.2) is 9.78 Å². The van der Waals surface area contributed by atoms with E-state index in [1.165, 1.54) is 26.4 Å². The normalized spacial score (nSPS) is 8.40. The van der Waals surface area contributed by atoms with Crippen molar-refractivity contribution >= 4 is 0 Å². The maximum absolute atomic E-state index is 4.33. The molecule has 0 N–H and O–H groups in total. The highest BCUT2D eigenvalue weighted by Gasteiger charge is 1.68. The fraction of sp³-hybridized carbons (Fsp3) is 1.00. The Hall–Kier alpha value is -0.0800. The molecule has 0 bridgehead atoms. The summed E-state index contributed by atoms with van der Waals surface area (Å²) >= 11 is 0. The molecule has 0 aromatic heterocycles. The van der Waals surface area contributed by atoms with Crippen LogP contribution in [0.25, 0.3) is 0 Å². The van der Waals surface area contributed by atoms with Crippen molar-refractivity contribution in [1.82, 2.24) is 0 Å². The van der Waals surface area contributed by atoms with Crippen molar-refractivity contribution < 1.29 is 9.78 Å². The minimum atomic E-state index is 0.622. The highest BCUT2D eigenvalue weighted by Crippen LogP contribution is 1.88. The van der Waals surface area contributed by atoms with Crippen molar-refractivity contribution in [2.75, 3.05) is 13.7 Å². The lowest BCUT2D eigenvalue weighted by Gasteiger charge is -1.86. The van der Waals surface area contributed by atoms with Gasteiger partial charge in [0.15, 0.2) is 0 Å². The van der Waals surface area contributed by atoms with Gasteiger partial charge in [0.25, 0.3) is 0 Å². The minimum absolute atomic E-state index is 0.622. The summed E-state index contributed by atoms with van der Waals surface area (Å²) in [7, 11) is 1.49. The second-order valence-corrected chi connectivity index (χ2v) is 1.93. The van der Waals surface area contributed by atoms with Crippen LogP contribution in [-0.4, -0.2) is 13.7 Å². The van der Waals surface area contributed by atoms with Gasteiger partial charge in [0.05, 0.1) is 13.7 Å². The van der Waals surface area contributed by atoms with Gasteiger partial charge in [-0.1, -0.05) is 33.1 Å². The third kappa shape index (κ3) is 24.7. The Balaban J connectivity index is 0. The molecule has 64 valence electrons. The first-order valence-corrected chi connectivity index (χ1v) is 3.98. The molecule has 10 heavy (non-hydrogen) atoms. The Morgan fingerprint density at radius 3 is 1.50 bits per heavy atom. The van der Waals surface area contributed by atoms with Crippen LogP contribution in [0.3, 0.4) is 0 Å². The summed E-state index contributed by atoms with van der Waals surface area (Å²) in [6.07, 6.45) is 4.08. The number of unbranched alkanes of at least 4 members (excludes halogenated alkanes) is 2. The topological polar surface area (TPSA) is 18.5 Å². The van der Waals surface area contributed by atoms with E-state index in [1.54, 1.807) is 0 Å². The summed E-state index contributed by atoms with van der Waals surface area (Å²) in [5.41, 5.74) is 0. The van der Waals surface area contributed by atoms with Crippen LogP contribution in [0.1, 0.15) is 40.0 Å². The van der Waals surface area contributed by atoms with E-state index in [0.717, 1.165) is 0 Å². The minimum Gasteiger partial charge on any atom is -0.240 e. The fourth-order valence-electron chi connectivity index (χ4n) is 0.471. The Bertz CT molecular complexity index is 28.2. The predicted octanol–water partition coefficient (Wildman–Crippen LogP) is 2.78. The van der Waals surface area contributed by atoms with Gasteiger partial charge >= 0.3 is 0 Å². The molecule has 0 saturated carbocycles. The van der Waals surface area contributed by atoms with Gasteiger partial charge in [0.2, 0.25) is 0 Å². The summed E-state index contributed by atoms with van der Waals surface area (Å²) in [6.45, 7) is 6.91. The highest BCUT2D eigenvalue weighted by molar-refractivity contribution is 4.24. The molecule has 0 atom stereocenters. The molecule has 0 aliphatic heterocycles. The molecule has 0 aromatic carbocycles. The quantitative estimate of drug-likeness (QED) is 0.451.